The molecule has 0 radical (unpaired) electrons. The summed E-state index contributed by atoms with van der Waals surface area (Å²) in [7, 11) is 1.27. The van der Waals surface area contributed by atoms with Crippen LogP contribution in [0.3, 0.4) is 0 Å². The summed E-state index contributed by atoms with van der Waals surface area (Å²) in [6, 6.07) is 8.28. The molecule has 118 valence electrons. The molecule has 0 bridgehead atoms. The molecule has 1 amide bonds. The molecule has 0 aliphatic rings. The number of methoxy groups -OCH3 is 1. The number of thiazole rings is 1. The van der Waals surface area contributed by atoms with E-state index in [1.807, 2.05) is 0 Å². The van der Waals surface area contributed by atoms with Crippen LogP contribution in [0.15, 0.2) is 34.7 Å². The van der Waals surface area contributed by atoms with Gasteiger partial charge in [0.05, 0.1) is 23.9 Å². The molecule has 1 N–H and O–H groups in total. The van der Waals surface area contributed by atoms with Gasteiger partial charge in [0, 0.05) is 5.56 Å². The number of carbonyl (C=O) groups is 2. The third kappa shape index (κ3) is 3.35. The van der Waals surface area contributed by atoms with E-state index in [-0.39, 0.29) is 18.2 Å². The number of nitrogens with one attached hydrogen (secondary N) is 1. The molecule has 3 aromatic rings. The molecule has 2 heterocycles. The van der Waals surface area contributed by atoms with E-state index in [1.54, 1.807) is 24.3 Å². The van der Waals surface area contributed by atoms with Gasteiger partial charge in [-0.05, 0) is 30.3 Å². The molecule has 8 heteroatoms. The molecular formula is C15H11ClN2O4S. The zero-order valence-corrected chi connectivity index (χ0v) is 13.5. The topological polar surface area (TPSA) is 81.4 Å². The Kier molecular flexibility index (Phi) is 4.31. The van der Waals surface area contributed by atoms with Crippen molar-refractivity contribution in [1.82, 2.24) is 10.3 Å². The van der Waals surface area contributed by atoms with Crippen LogP contribution in [0.5, 0.6) is 0 Å². The average molecular weight is 351 g/mol. The van der Waals surface area contributed by atoms with Crippen molar-refractivity contribution in [2.24, 2.45) is 0 Å². The first kappa shape index (κ1) is 15.5. The largest absolute Gasteiger partial charge is 0.463 e. The summed E-state index contributed by atoms with van der Waals surface area (Å²) in [6.07, 6.45) is 0. The molecule has 0 spiro atoms. The van der Waals surface area contributed by atoms with Gasteiger partial charge in [-0.15, -0.1) is 11.3 Å². The predicted octanol–water partition coefficient (Wildman–Crippen LogP) is 3.26. The molecule has 0 aliphatic carbocycles. The lowest BCUT2D eigenvalue weighted by Gasteiger charge is -2.03. The standard InChI is InChI=1S/C15H11ClN2O4S/c1-21-14(20)11-4-3-9(22-11)7-17-13(19)8-2-5-12-10(6-8)18-15(16)23-12/h2-6H,7H2,1H3,(H,17,19). The number of esters is 1. The lowest BCUT2D eigenvalue weighted by atomic mass is 10.2. The Hall–Kier alpha value is -2.38. The van der Waals surface area contributed by atoms with Crippen LogP contribution < -0.4 is 5.32 Å². The number of fused-ring (bicyclic) bond motifs is 1. The third-order valence-corrected chi connectivity index (χ3v) is 4.24. The van der Waals surface area contributed by atoms with Gasteiger partial charge in [-0.25, -0.2) is 9.78 Å². The molecule has 0 saturated carbocycles. The second-order valence-corrected chi connectivity index (χ2v) is 6.20. The Morgan fingerprint density at radius 3 is 2.96 bits per heavy atom. The first-order valence-corrected chi connectivity index (χ1v) is 7.77. The number of hydrogen-bond donors (Lipinski definition) is 1. The van der Waals surface area contributed by atoms with Crippen LogP contribution in [0.2, 0.25) is 4.47 Å². The maximum absolute atomic E-state index is 12.2. The van der Waals surface area contributed by atoms with Gasteiger partial charge in [-0.1, -0.05) is 11.6 Å². The minimum absolute atomic E-state index is 0.0929. The van der Waals surface area contributed by atoms with Gasteiger partial charge >= 0.3 is 5.97 Å². The summed E-state index contributed by atoms with van der Waals surface area (Å²) in [5.41, 5.74) is 1.15. The summed E-state index contributed by atoms with van der Waals surface area (Å²) in [5.74, 6) is -0.285. The summed E-state index contributed by atoms with van der Waals surface area (Å²) < 4.78 is 11.2. The van der Waals surface area contributed by atoms with Gasteiger partial charge in [0.1, 0.15) is 5.76 Å². The molecule has 23 heavy (non-hydrogen) atoms. The van der Waals surface area contributed by atoms with E-state index in [0.717, 1.165) is 4.70 Å². The normalized spacial score (nSPS) is 10.7. The van der Waals surface area contributed by atoms with E-state index < -0.39 is 5.97 Å². The van der Waals surface area contributed by atoms with Crippen molar-refractivity contribution >= 4 is 45.0 Å². The van der Waals surface area contributed by atoms with E-state index in [2.05, 4.69) is 15.0 Å². The number of benzene rings is 1. The summed E-state index contributed by atoms with van der Waals surface area (Å²) in [4.78, 5) is 27.6. The average Bonchev–Trinajstić information content (AvgIpc) is 3.16. The highest BCUT2D eigenvalue weighted by Crippen LogP contribution is 2.26. The van der Waals surface area contributed by atoms with Gasteiger partial charge in [0.15, 0.2) is 4.47 Å². The van der Waals surface area contributed by atoms with Crippen LogP contribution in [0, 0.1) is 0 Å². The van der Waals surface area contributed by atoms with Crippen molar-refractivity contribution in [2.45, 2.75) is 6.54 Å². The Balaban J connectivity index is 1.68. The lowest BCUT2D eigenvalue weighted by molar-refractivity contribution is 0.0563. The minimum Gasteiger partial charge on any atom is -0.463 e. The molecule has 0 fully saturated rings. The quantitative estimate of drug-likeness (QED) is 0.730. The van der Waals surface area contributed by atoms with Gasteiger partial charge in [0.2, 0.25) is 5.76 Å². The van der Waals surface area contributed by atoms with Crippen molar-refractivity contribution in [2.75, 3.05) is 7.11 Å². The highest BCUT2D eigenvalue weighted by molar-refractivity contribution is 7.22. The molecular weight excluding hydrogens is 340 g/mol. The fourth-order valence-corrected chi connectivity index (χ4v) is 3.00. The van der Waals surface area contributed by atoms with Crippen molar-refractivity contribution in [3.63, 3.8) is 0 Å². The smallest absolute Gasteiger partial charge is 0.373 e. The number of amides is 1. The molecule has 6 nitrogen and oxygen atoms in total. The van der Waals surface area contributed by atoms with Gasteiger partial charge in [-0.2, -0.15) is 0 Å². The second kappa shape index (κ2) is 6.39. The Labute approximate surface area is 140 Å². The maximum atomic E-state index is 12.2. The van der Waals surface area contributed by atoms with E-state index in [4.69, 9.17) is 16.0 Å². The lowest BCUT2D eigenvalue weighted by Crippen LogP contribution is -2.22. The number of carbonyl (C=O) groups excluding carboxylic acids is 2. The Morgan fingerprint density at radius 2 is 2.17 bits per heavy atom. The van der Waals surface area contributed by atoms with Crippen LogP contribution in [-0.4, -0.2) is 24.0 Å². The van der Waals surface area contributed by atoms with Crippen LogP contribution >= 0.6 is 22.9 Å². The molecule has 0 saturated heterocycles. The first-order chi connectivity index (χ1) is 11.1. The van der Waals surface area contributed by atoms with Crippen molar-refractivity contribution < 1.29 is 18.7 Å². The number of hydrogen-bond acceptors (Lipinski definition) is 6. The molecule has 3 rings (SSSR count). The maximum Gasteiger partial charge on any atom is 0.373 e. The highest BCUT2D eigenvalue weighted by Gasteiger charge is 2.13. The monoisotopic (exact) mass is 350 g/mol. The molecule has 0 unspecified atom stereocenters. The van der Waals surface area contributed by atoms with Gasteiger partial charge < -0.3 is 14.5 Å². The SMILES string of the molecule is COC(=O)c1ccc(CNC(=O)c2ccc3sc(Cl)nc3c2)o1. The van der Waals surface area contributed by atoms with Crippen LogP contribution in [0.1, 0.15) is 26.7 Å². The first-order valence-electron chi connectivity index (χ1n) is 6.58. The van der Waals surface area contributed by atoms with E-state index >= 15 is 0 Å². The number of ether oxygens (including phenoxy) is 1. The molecule has 2 aromatic heterocycles. The number of nitrogens with zero attached hydrogens (tertiary/aromatic N) is 1. The zero-order valence-electron chi connectivity index (χ0n) is 12.0. The summed E-state index contributed by atoms with van der Waals surface area (Å²) in [6.45, 7) is 0.158. The van der Waals surface area contributed by atoms with E-state index in [1.165, 1.54) is 24.5 Å². The molecule has 0 aliphatic heterocycles. The second-order valence-electron chi connectivity index (χ2n) is 4.59. The van der Waals surface area contributed by atoms with Crippen molar-refractivity contribution in [3.05, 3.63) is 51.9 Å². The van der Waals surface area contributed by atoms with Crippen LogP contribution in [-0.2, 0) is 11.3 Å². The molecule has 1 aromatic carbocycles. The third-order valence-electron chi connectivity index (χ3n) is 3.10. The van der Waals surface area contributed by atoms with E-state index in [0.29, 0.717) is 21.3 Å². The van der Waals surface area contributed by atoms with E-state index in [9.17, 15) is 9.59 Å². The highest BCUT2D eigenvalue weighted by atomic mass is 35.5. The predicted molar refractivity (Wildman–Crippen MR) is 85.8 cm³/mol. The van der Waals surface area contributed by atoms with Gasteiger partial charge in [0.25, 0.3) is 5.91 Å². The van der Waals surface area contributed by atoms with Crippen LogP contribution in [0.4, 0.5) is 0 Å². The number of aromatic nitrogens is 1. The molecule has 0 atom stereocenters. The number of rotatable bonds is 4. The van der Waals surface area contributed by atoms with Crippen molar-refractivity contribution in [1.29, 1.82) is 0 Å². The van der Waals surface area contributed by atoms with Crippen LogP contribution in [0.25, 0.3) is 10.2 Å². The number of halogens is 1. The van der Waals surface area contributed by atoms with Crippen molar-refractivity contribution in [3.8, 4) is 0 Å². The Morgan fingerprint density at radius 1 is 1.35 bits per heavy atom. The fraction of sp³-hybridized carbons (Fsp3) is 0.133. The Bertz CT molecular complexity index is 887. The van der Waals surface area contributed by atoms with Gasteiger partial charge in [-0.3, -0.25) is 4.79 Å². The zero-order chi connectivity index (χ0) is 16.4. The summed E-state index contributed by atoms with van der Waals surface area (Å²) >= 11 is 7.21. The summed E-state index contributed by atoms with van der Waals surface area (Å²) in [5, 5.41) is 2.71. The minimum atomic E-state index is -0.562. The fourth-order valence-electron chi connectivity index (χ4n) is 1.99. The number of furan rings is 1.